The Morgan fingerprint density at radius 1 is 0.974 bits per heavy atom. The highest BCUT2D eigenvalue weighted by Gasteiger charge is 2.21. The number of hydrogen-bond acceptors (Lipinski definition) is 6. The van der Waals surface area contributed by atoms with E-state index in [1.807, 2.05) is 57.2 Å². The molecule has 0 radical (unpaired) electrons. The van der Waals surface area contributed by atoms with E-state index in [9.17, 15) is 18.0 Å². The van der Waals surface area contributed by atoms with Gasteiger partial charge in [-0.1, -0.05) is 36.4 Å². The van der Waals surface area contributed by atoms with Crippen LogP contribution in [0.3, 0.4) is 0 Å². The molecule has 0 aromatic heterocycles. The summed E-state index contributed by atoms with van der Waals surface area (Å²) in [5.41, 5.74) is 6.24. The van der Waals surface area contributed by atoms with Gasteiger partial charge >= 0.3 is 0 Å². The molecule has 0 aliphatic carbocycles. The summed E-state index contributed by atoms with van der Waals surface area (Å²) in [6.07, 6.45) is 2.48. The van der Waals surface area contributed by atoms with Crippen molar-refractivity contribution in [2.45, 2.75) is 26.8 Å². The van der Waals surface area contributed by atoms with E-state index in [0.29, 0.717) is 17.0 Å². The van der Waals surface area contributed by atoms with E-state index in [-0.39, 0.29) is 18.6 Å². The standard InChI is InChI=1S/C28H32N4O5S/c1-20-14-21(2)16-25(15-20)32(38(4,35)36)18-27(33)31-29-17-23-10-12-26(13-11-23)37-19-28(34)30-22(3)24-8-6-5-7-9-24/h5-17,22H,18-19H2,1-4H3,(H,30,34)(H,31,33)/b29-17-/t22-/m1/s1. The molecule has 9 nitrogen and oxygen atoms in total. The summed E-state index contributed by atoms with van der Waals surface area (Å²) in [5.74, 6) is -0.314. The number of amides is 2. The number of carbonyl (C=O) groups excluding carboxylic acids is 2. The number of sulfonamides is 1. The molecule has 0 fully saturated rings. The van der Waals surface area contributed by atoms with Gasteiger partial charge in [0, 0.05) is 0 Å². The van der Waals surface area contributed by atoms with Crippen LogP contribution in [0.1, 0.15) is 35.2 Å². The number of hydrogen-bond donors (Lipinski definition) is 2. The third kappa shape index (κ3) is 8.74. The highest BCUT2D eigenvalue weighted by Crippen LogP contribution is 2.21. The van der Waals surface area contributed by atoms with E-state index < -0.39 is 22.5 Å². The van der Waals surface area contributed by atoms with Crippen molar-refractivity contribution < 1.29 is 22.7 Å². The average molecular weight is 537 g/mol. The number of aryl methyl sites for hydroxylation is 2. The molecule has 2 N–H and O–H groups in total. The summed E-state index contributed by atoms with van der Waals surface area (Å²) in [4.78, 5) is 24.6. The number of hydrazone groups is 1. The fourth-order valence-electron chi connectivity index (χ4n) is 3.75. The second kappa shape index (κ2) is 12.9. The highest BCUT2D eigenvalue weighted by molar-refractivity contribution is 7.92. The molecule has 0 saturated carbocycles. The fraction of sp³-hybridized carbons (Fsp3) is 0.250. The van der Waals surface area contributed by atoms with Crippen LogP contribution in [0.25, 0.3) is 0 Å². The molecule has 1 atom stereocenters. The molecule has 10 heteroatoms. The predicted octanol–water partition coefficient (Wildman–Crippen LogP) is 3.48. The zero-order chi connectivity index (χ0) is 27.7. The zero-order valence-electron chi connectivity index (χ0n) is 21.8. The maximum Gasteiger partial charge on any atom is 0.260 e. The van der Waals surface area contributed by atoms with Crippen molar-refractivity contribution in [3.63, 3.8) is 0 Å². The Bertz CT molecular complexity index is 1370. The summed E-state index contributed by atoms with van der Waals surface area (Å²) in [5, 5.41) is 6.81. The minimum Gasteiger partial charge on any atom is -0.484 e. The lowest BCUT2D eigenvalue weighted by Crippen LogP contribution is -2.39. The van der Waals surface area contributed by atoms with E-state index in [1.165, 1.54) is 6.21 Å². The second-order valence-electron chi connectivity index (χ2n) is 8.97. The van der Waals surface area contributed by atoms with Crippen molar-refractivity contribution >= 4 is 33.7 Å². The Kier molecular flexibility index (Phi) is 9.61. The van der Waals surface area contributed by atoms with Gasteiger partial charge in [0.2, 0.25) is 10.0 Å². The van der Waals surface area contributed by atoms with Gasteiger partial charge in [-0.3, -0.25) is 13.9 Å². The van der Waals surface area contributed by atoms with Gasteiger partial charge in [-0.15, -0.1) is 0 Å². The zero-order valence-corrected chi connectivity index (χ0v) is 22.7. The van der Waals surface area contributed by atoms with Crippen LogP contribution in [0.4, 0.5) is 5.69 Å². The molecule has 0 aliphatic heterocycles. The number of nitrogens with one attached hydrogen (secondary N) is 2. The normalized spacial score (nSPS) is 12.1. The number of carbonyl (C=O) groups is 2. The largest absolute Gasteiger partial charge is 0.484 e. The van der Waals surface area contributed by atoms with Crippen molar-refractivity contribution in [2.75, 3.05) is 23.7 Å². The van der Waals surface area contributed by atoms with Crippen LogP contribution in [0, 0.1) is 13.8 Å². The van der Waals surface area contributed by atoms with Gasteiger partial charge in [0.05, 0.1) is 24.2 Å². The number of rotatable bonds is 11. The van der Waals surface area contributed by atoms with Gasteiger partial charge in [-0.05, 0) is 79.4 Å². The summed E-state index contributed by atoms with van der Waals surface area (Å²) < 4.78 is 31.2. The minimum atomic E-state index is -3.68. The van der Waals surface area contributed by atoms with E-state index >= 15 is 0 Å². The third-order valence-electron chi connectivity index (χ3n) is 5.51. The lowest BCUT2D eigenvalue weighted by molar-refractivity contribution is -0.123. The van der Waals surface area contributed by atoms with Crippen LogP contribution in [0.15, 0.2) is 77.9 Å². The summed E-state index contributed by atoms with van der Waals surface area (Å²) in [7, 11) is -3.68. The van der Waals surface area contributed by atoms with Gasteiger partial charge in [0.25, 0.3) is 11.8 Å². The molecule has 2 amide bonds. The summed E-state index contributed by atoms with van der Waals surface area (Å²) in [6, 6.07) is 21.7. The molecule has 0 heterocycles. The average Bonchev–Trinajstić information content (AvgIpc) is 2.86. The van der Waals surface area contributed by atoms with Crippen molar-refractivity contribution in [2.24, 2.45) is 5.10 Å². The smallest absolute Gasteiger partial charge is 0.260 e. The molecule has 38 heavy (non-hydrogen) atoms. The maximum absolute atomic E-state index is 12.4. The molecule has 0 unspecified atom stereocenters. The Morgan fingerprint density at radius 2 is 1.61 bits per heavy atom. The van der Waals surface area contributed by atoms with Gasteiger partial charge in [-0.2, -0.15) is 5.10 Å². The van der Waals surface area contributed by atoms with E-state index in [1.54, 1.807) is 36.4 Å². The van der Waals surface area contributed by atoms with Crippen molar-refractivity contribution in [1.82, 2.24) is 10.7 Å². The molecule has 200 valence electrons. The van der Waals surface area contributed by atoms with Gasteiger partial charge in [0.15, 0.2) is 6.61 Å². The van der Waals surface area contributed by atoms with Crippen molar-refractivity contribution in [3.05, 3.63) is 95.1 Å². The van der Waals surface area contributed by atoms with Crippen LogP contribution in [0.2, 0.25) is 0 Å². The van der Waals surface area contributed by atoms with Gasteiger partial charge < -0.3 is 10.1 Å². The number of anilines is 1. The van der Waals surface area contributed by atoms with E-state index in [4.69, 9.17) is 4.74 Å². The summed E-state index contributed by atoms with van der Waals surface area (Å²) >= 11 is 0. The molecule has 3 aromatic rings. The number of benzene rings is 3. The SMILES string of the molecule is Cc1cc(C)cc(N(CC(=O)N/N=C\c2ccc(OCC(=O)N[C@H](C)c3ccccc3)cc2)S(C)(=O)=O)c1. The fourth-order valence-corrected chi connectivity index (χ4v) is 4.59. The molecule has 0 saturated heterocycles. The Labute approximate surface area is 223 Å². The summed E-state index contributed by atoms with van der Waals surface area (Å²) in [6.45, 7) is 5.09. The van der Waals surface area contributed by atoms with Crippen molar-refractivity contribution in [3.8, 4) is 5.75 Å². The lowest BCUT2D eigenvalue weighted by atomic mass is 10.1. The Morgan fingerprint density at radius 3 is 2.21 bits per heavy atom. The molecule has 3 rings (SSSR count). The predicted molar refractivity (Wildman–Crippen MR) is 149 cm³/mol. The van der Waals surface area contributed by atoms with E-state index in [0.717, 1.165) is 27.3 Å². The number of nitrogens with zero attached hydrogens (tertiary/aromatic N) is 2. The molecule has 0 aliphatic rings. The third-order valence-corrected chi connectivity index (χ3v) is 6.65. The lowest BCUT2D eigenvalue weighted by Gasteiger charge is -2.22. The van der Waals surface area contributed by atoms with Crippen LogP contribution in [-0.2, 0) is 19.6 Å². The van der Waals surface area contributed by atoms with Crippen LogP contribution in [-0.4, -0.2) is 45.9 Å². The van der Waals surface area contributed by atoms with Crippen LogP contribution >= 0.6 is 0 Å². The maximum atomic E-state index is 12.4. The van der Waals surface area contributed by atoms with Gasteiger partial charge in [-0.25, -0.2) is 13.8 Å². The molecular weight excluding hydrogens is 504 g/mol. The first kappa shape index (κ1) is 28.4. The van der Waals surface area contributed by atoms with Crippen LogP contribution in [0.5, 0.6) is 5.75 Å². The molecule has 3 aromatic carbocycles. The molecule has 0 bridgehead atoms. The molecule has 0 spiro atoms. The molecular formula is C28H32N4O5S. The number of ether oxygens (including phenoxy) is 1. The van der Waals surface area contributed by atoms with Crippen LogP contribution < -0.4 is 19.8 Å². The highest BCUT2D eigenvalue weighted by atomic mass is 32.2. The monoisotopic (exact) mass is 536 g/mol. The minimum absolute atomic E-state index is 0.127. The first-order valence-electron chi connectivity index (χ1n) is 12.0. The Balaban J connectivity index is 1.50. The first-order valence-corrected chi connectivity index (χ1v) is 13.8. The first-order chi connectivity index (χ1) is 18.0. The van der Waals surface area contributed by atoms with E-state index in [2.05, 4.69) is 15.8 Å². The quantitative estimate of drug-likeness (QED) is 0.288. The second-order valence-corrected chi connectivity index (χ2v) is 10.9. The Hall–Kier alpha value is -4.18. The topological polar surface area (TPSA) is 117 Å². The van der Waals surface area contributed by atoms with Crippen molar-refractivity contribution in [1.29, 1.82) is 0 Å². The van der Waals surface area contributed by atoms with Gasteiger partial charge in [0.1, 0.15) is 12.3 Å².